The van der Waals surface area contributed by atoms with E-state index in [1.165, 1.54) is 25.2 Å². The van der Waals surface area contributed by atoms with Crippen molar-refractivity contribution in [2.24, 2.45) is 4.99 Å². The minimum Gasteiger partial charge on any atom is -0.491 e. The largest absolute Gasteiger partial charge is 0.491 e. The van der Waals surface area contributed by atoms with E-state index in [9.17, 15) is 21.6 Å². The molecule has 1 fully saturated rings. The summed E-state index contributed by atoms with van der Waals surface area (Å²) in [6, 6.07) is 4.78. The van der Waals surface area contributed by atoms with Gasteiger partial charge in [-0.3, -0.25) is 4.99 Å². The molecule has 1 aromatic rings. The Kier molecular flexibility index (Phi) is 8.44. The van der Waals surface area contributed by atoms with Crippen molar-refractivity contribution in [2.45, 2.75) is 18.6 Å². The highest BCUT2D eigenvalue weighted by Crippen LogP contribution is 2.35. The Bertz CT molecular complexity index is 726. The Morgan fingerprint density at radius 3 is 2.62 bits per heavy atom. The molecule has 0 bridgehead atoms. The second-order valence-electron chi connectivity index (χ2n) is 5.59. The Hall–Kier alpha value is -1.24. The van der Waals surface area contributed by atoms with Crippen LogP contribution in [0.2, 0.25) is 0 Å². The molecule has 148 valence electrons. The highest BCUT2D eigenvalue weighted by molar-refractivity contribution is 14.0. The molecule has 1 heterocycles. The molecule has 0 amide bonds. The Morgan fingerprint density at radius 1 is 1.35 bits per heavy atom. The SMILES string of the molecule is CN=C(NCCOc1ccccc1C(F)(F)F)NC1CCS(=O)(=O)C1.I. The second kappa shape index (κ2) is 9.62. The highest BCUT2D eigenvalue weighted by atomic mass is 127. The normalized spacial score (nSPS) is 19.5. The maximum atomic E-state index is 12.9. The van der Waals surface area contributed by atoms with Crippen LogP contribution in [0.25, 0.3) is 0 Å². The summed E-state index contributed by atoms with van der Waals surface area (Å²) in [4.78, 5) is 3.96. The van der Waals surface area contributed by atoms with Gasteiger partial charge in [-0.2, -0.15) is 13.2 Å². The van der Waals surface area contributed by atoms with Gasteiger partial charge in [0.1, 0.15) is 12.4 Å². The zero-order valence-corrected chi connectivity index (χ0v) is 17.2. The van der Waals surface area contributed by atoms with Crippen molar-refractivity contribution in [1.29, 1.82) is 0 Å². The van der Waals surface area contributed by atoms with Crippen LogP contribution in [0.4, 0.5) is 13.2 Å². The van der Waals surface area contributed by atoms with Gasteiger partial charge < -0.3 is 15.4 Å². The standard InChI is InChI=1S/C15H20F3N3O3S.HI/c1-19-14(21-11-6-9-25(22,23)10-11)20-7-8-24-13-5-3-2-4-12(13)15(16,17)18;/h2-5,11H,6-10H2,1H3,(H2,19,20,21);1H. The van der Waals surface area contributed by atoms with Crippen LogP contribution in [0.15, 0.2) is 29.3 Å². The van der Waals surface area contributed by atoms with Crippen molar-refractivity contribution < 1.29 is 26.3 Å². The van der Waals surface area contributed by atoms with Crippen LogP contribution in [0.1, 0.15) is 12.0 Å². The van der Waals surface area contributed by atoms with Crippen LogP contribution in [0.3, 0.4) is 0 Å². The van der Waals surface area contributed by atoms with Crippen LogP contribution in [0.5, 0.6) is 5.75 Å². The molecule has 0 aliphatic carbocycles. The summed E-state index contributed by atoms with van der Waals surface area (Å²) in [5.41, 5.74) is -0.825. The number of aliphatic imine (C=N–C) groups is 1. The van der Waals surface area contributed by atoms with Crippen molar-refractivity contribution in [2.75, 3.05) is 31.7 Å². The number of halogens is 4. The van der Waals surface area contributed by atoms with E-state index in [0.29, 0.717) is 12.4 Å². The van der Waals surface area contributed by atoms with E-state index in [1.807, 2.05) is 0 Å². The molecule has 1 aromatic carbocycles. The lowest BCUT2D eigenvalue weighted by Gasteiger charge is -2.17. The zero-order chi connectivity index (χ0) is 18.5. The first-order chi connectivity index (χ1) is 11.7. The number of guanidine groups is 1. The number of alkyl halides is 3. The number of sulfone groups is 1. The Labute approximate surface area is 167 Å². The molecule has 1 unspecified atom stereocenters. The highest BCUT2D eigenvalue weighted by Gasteiger charge is 2.34. The first-order valence-corrected chi connectivity index (χ1v) is 9.50. The minimum absolute atomic E-state index is 0. The summed E-state index contributed by atoms with van der Waals surface area (Å²) in [5, 5.41) is 5.87. The molecule has 1 aliphatic rings. The number of ether oxygens (including phenoxy) is 1. The van der Waals surface area contributed by atoms with Crippen molar-refractivity contribution in [3.05, 3.63) is 29.8 Å². The van der Waals surface area contributed by atoms with E-state index < -0.39 is 21.6 Å². The van der Waals surface area contributed by atoms with Gasteiger partial charge >= 0.3 is 6.18 Å². The average Bonchev–Trinajstić information content (AvgIpc) is 2.88. The number of para-hydroxylation sites is 1. The first-order valence-electron chi connectivity index (χ1n) is 7.68. The van der Waals surface area contributed by atoms with Gasteiger partial charge in [0, 0.05) is 13.1 Å². The van der Waals surface area contributed by atoms with Gasteiger partial charge in [-0.15, -0.1) is 24.0 Å². The molecule has 6 nitrogen and oxygen atoms in total. The van der Waals surface area contributed by atoms with Crippen LogP contribution in [0, 0.1) is 0 Å². The number of nitrogens with one attached hydrogen (secondary N) is 2. The molecule has 2 rings (SSSR count). The predicted octanol–water partition coefficient (Wildman–Crippen LogP) is 2.05. The Morgan fingerprint density at radius 2 is 2.04 bits per heavy atom. The third-order valence-electron chi connectivity index (χ3n) is 3.64. The number of benzene rings is 1. The van der Waals surface area contributed by atoms with Gasteiger partial charge in [-0.05, 0) is 18.6 Å². The van der Waals surface area contributed by atoms with Crippen molar-refractivity contribution in [1.82, 2.24) is 10.6 Å². The quantitative estimate of drug-likeness (QED) is 0.276. The van der Waals surface area contributed by atoms with E-state index in [-0.39, 0.29) is 60.4 Å². The predicted molar refractivity (Wildman–Crippen MR) is 104 cm³/mol. The van der Waals surface area contributed by atoms with Crippen molar-refractivity contribution in [3.63, 3.8) is 0 Å². The van der Waals surface area contributed by atoms with Gasteiger partial charge in [0.25, 0.3) is 0 Å². The fraction of sp³-hybridized carbons (Fsp3) is 0.533. The molecular weight excluding hydrogens is 486 g/mol. The average molecular weight is 507 g/mol. The van der Waals surface area contributed by atoms with Crippen LogP contribution in [-0.2, 0) is 16.0 Å². The van der Waals surface area contributed by atoms with Crippen LogP contribution >= 0.6 is 24.0 Å². The summed E-state index contributed by atoms with van der Waals surface area (Å²) in [6.45, 7) is 0.210. The van der Waals surface area contributed by atoms with Crippen molar-refractivity contribution >= 4 is 39.8 Å². The fourth-order valence-corrected chi connectivity index (χ4v) is 4.13. The van der Waals surface area contributed by atoms with E-state index in [4.69, 9.17) is 4.74 Å². The maximum Gasteiger partial charge on any atom is 0.419 e. The zero-order valence-electron chi connectivity index (χ0n) is 14.0. The molecular formula is C15H21F3IN3O3S. The lowest BCUT2D eigenvalue weighted by Crippen LogP contribution is -2.45. The number of nitrogens with zero attached hydrogens (tertiary/aromatic N) is 1. The van der Waals surface area contributed by atoms with Crippen LogP contribution in [-0.4, -0.2) is 52.1 Å². The molecule has 26 heavy (non-hydrogen) atoms. The summed E-state index contributed by atoms with van der Waals surface area (Å²) >= 11 is 0. The first kappa shape index (κ1) is 22.8. The van der Waals surface area contributed by atoms with Gasteiger partial charge in [-0.1, -0.05) is 12.1 Å². The molecule has 0 aromatic heterocycles. The van der Waals surface area contributed by atoms with Crippen LogP contribution < -0.4 is 15.4 Å². The number of hydrogen-bond acceptors (Lipinski definition) is 4. The van der Waals surface area contributed by atoms with Gasteiger partial charge in [0.15, 0.2) is 15.8 Å². The monoisotopic (exact) mass is 507 g/mol. The summed E-state index contributed by atoms with van der Waals surface area (Å²) in [5.74, 6) is 0.332. The minimum atomic E-state index is -4.48. The number of hydrogen-bond donors (Lipinski definition) is 2. The Balaban J connectivity index is 0.00000338. The third kappa shape index (κ3) is 6.82. The van der Waals surface area contributed by atoms with E-state index in [2.05, 4.69) is 15.6 Å². The molecule has 0 spiro atoms. The van der Waals surface area contributed by atoms with Gasteiger partial charge in [0.2, 0.25) is 0 Å². The lowest BCUT2D eigenvalue weighted by atomic mass is 10.2. The molecule has 1 saturated heterocycles. The van der Waals surface area contributed by atoms with E-state index in [0.717, 1.165) is 6.07 Å². The molecule has 11 heteroatoms. The smallest absolute Gasteiger partial charge is 0.419 e. The fourth-order valence-electron chi connectivity index (χ4n) is 2.45. The summed E-state index contributed by atoms with van der Waals surface area (Å²) in [6.07, 6.45) is -3.98. The lowest BCUT2D eigenvalue weighted by molar-refractivity contribution is -0.138. The third-order valence-corrected chi connectivity index (χ3v) is 5.41. The van der Waals surface area contributed by atoms with Crippen molar-refractivity contribution in [3.8, 4) is 5.75 Å². The maximum absolute atomic E-state index is 12.9. The summed E-state index contributed by atoms with van der Waals surface area (Å²) < 4.78 is 66.6. The number of rotatable bonds is 5. The van der Waals surface area contributed by atoms with E-state index >= 15 is 0 Å². The molecule has 0 radical (unpaired) electrons. The van der Waals surface area contributed by atoms with Gasteiger partial charge in [0.05, 0.1) is 23.6 Å². The summed E-state index contributed by atoms with van der Waals surface area (Å²) in [7, 11) is -1.48. The molecule has 1 atom stereocenters. The topological polar surface area (TPSA) is 79.8 Å². The van der Waals surface area contributed by atoms with Gasteiger partial charge in [-0.25, -0.2) is 8.42 Å². The molecule has 2 N–H and O–H groups in total. The second-order valence-corrected chi connectivity index (χ2v) is 7.81. The molecule has 1 aliphatic heterocycles. The molecule has 0 saturated carbocycles. The van der Waals surface area contributed by atoms with E-state index in [1.54, 1.807) is 0 Å².